The van der Waals surface area contributed by atoms with Crippen molar-refractivity contribution in [3.63, 3.8) is 0 Å². The van der Waals surface area contributed by atoms with E-state index in [4.69, 9.17) is 10.5 Å². The largest absolute Gasteiger partial charge is 0.399 e. The van der Waals surface area contributed by atoms with Gasteiger partial charge in [-0.1, -0.05) is 18.6 Å². The van der Waals surface area contributed by atoms with Gasteiger partial charge in [-0.2, -0.15) is 0 Å². The average Bonchev–Trinajstić information content (AvgIpc) is 2.42. The van der Waals surface area contributed by atoms with Crippen LogP contribution in [0.4, 0.5) is 5.69 Å². The molecule has 2 N–H and O–H groups in total. The Bertz CT molecular complexity index is 331. The lowest BCUT2D eigenvalue weighted by Gasteiger charge is -2.26. The zero-order valence-electron chi connectivity index (χ0n) is 11.1. The Hall–Kier alpha value is -1.06. The summed E-state index contributed by atoms with van der Waals surface area (Å²) >= 11 is 0. The van der Waals surface area contributed by atoms with E-state index in [2.05, 4.69) is 17.0 Å². The molecule has 3 nitrogen and oxygen atoms in total. The fourth-order valence-corrected chi connectivity index (χ4v) is 2.35. The Kier molecular flexibility index (Phi) is 5.49. The highest BCUT2D eigenvalue weighted by molar-refractivity contribution is 5.39. The summed E-state index contributed by atoms with van der Waals surface area (Å²) in [4.78, 5) is 2.51. The number of rotatable bonds is 6. The molecule has 1 heterocycles. The predicted molar refractivity (Wildman–Crippen MR) is 75.7 cm³/mol. The lowest BCUT2D eigenvalue weighted by Crippen LogP contribution is -2.32. The maximum absolute atomic E-state index is 5.70. The van der Waals surface area contributed by atoms with Crippen LogP contribution in [0.1, 0.15) is 24.8 Å². The maximum Gasteiger partial charge on any atom is 0.0593 e. The Morgan fingerprint density at radius 1 is 1.00 bits per heavy atom. The number of likely N-dealkylation sites (tertiary alicyclic amines) is 1. The van der Waals surface area contributed by atoms with E-state index in [1.54, 1.807) is 0 Å². The molecule has 0 aromatic heterocycles. The zero-order valence-corrected chi connectivity index (χ0v) is 11.1. The minimum Gasteiger partial charge on any atom is -0.399 e. The highest BCUT2D eigenvalue weighted by Crippen LogP contribution is 2.08. The molecule has 100 valence electrons. The first-order valence-corrected chi connectivity index (χ1v) is 6.99. The fraction of sp³-hybridized carbons (Fsp3) is 0.600. The summed E-state index contributed by atoms with van der Waals surface area (Å²) in [6, 6.07) is 8.04. The normalized spacial score (nSPS) is 16.9. The number of nitrogens with two attached hydrogens (primary N) is 1. The molecule has 2 rings (SSSR count). The topological polar surface area (TPSA) is 38.5 Å². The van der Waals surface area contributed by atoms with Gasteiger partial charge in [0.05, 0.1) is 13.2 Å². The van der Waals surface area contributed by atoms with Crippen LogP contribution in [0.3, 0.4) is 0 Å². The van der Waals surface area contributed by atoms with Gasteiger partial charge in [0.1, 0.15) is 0 Å². The van der Waals surface area contributed by atoms with Crippen molar-refractivity contribution < 1.29 is 4.74 Å². The smallest absolute Gasteiger partial charge is 0.0593 e. The number of ether oxygens (including phenoxy) is 1. The third kappa shape index (κ3) is 4.67. The third-order valence-corrected chi connectivity index (χ3v) is 3.52. The van der Waals surface area contributed by atoms with Crippen LogP contribution in [0.2, 0.25) is 0 Å². The van der Waals surface area contributed by atoms with E-state index in [1.807, 2.05) is 12.1 Å². The molecule has 0 bridgehead atoms. The second-order valence-corrected chi connectivity index (χ2v) is 5.01. The molecule has 1 aliphatic rings. The molecule has 0 saturated carbocycles. The summed E-state index contributed by atoms with van der Waals surface area (Å²) in [5.41, 5.74) is 7.77. The Balaban J connectivity index is 1.54. The highest BCUT2D eigenvalue weighted by atomic mass is 16.5. The van der Waals surface area contributed by atoms with Crippen LogP contribution < -0.4 is 5.73 Å². The molecule has 0 radical (unpaired) electrons. The van der Waals surface area contributed by atoms with Gasteiger partial charge >= 0.3 is 0 Å². The Labute approximate surface area is 110 Å². The summed E-state index contributed by atoms with van der Waals surface area (Å²) < 4.78 is 5.70. The van der Waals surface area contributed by atoms with Crippen molar-refractivity contribution in [1.82, 2.24) is 4.90 Å². The van der Waals surface area contributed by atoms with Crippen LogP contribution in [0.15, 0.2) is 24.3 Å². The van der Waals surface area contributed by atoms with E-state index in [1.165, 1.54) is 37.9 Å². The summed E-state index contributed by atoms with van der Waals surface area (Å²) in [5, 5.41) is 0. The molecule has 0 atom stereocenters. The maximum atomic E-state index is 5.70. The summed E-state index contributed by atoms with van der Waals surface area (Å²) in [6.07, 6.45) is 5.08. The quantitative estimate of drug-likeness (QED) is 0.620. The van der Waals surface area contributed by atoms with Gasteiger partial charge in [0.2, 0.25) is 0 Å². The van der Waals surface area contributed by atoms with Crippen LogP contribution in [-0.2, 0) is 11.2 Å². The lowest BCUT2D eigenvalue weighted by atomic mass is 10.1. The van der Waals surface area contributed by atoms with Crippen molar-refractivity contribution >= 4 is 5.69 Å². The van der Waals surface area contributed by atoms with Crippen molar-refractivity contribution in [3.05, 3.63) is 29.8 Å². The van der Waals surface area contributed by atoms with E-state index in [0.717, 1.165) is 31.9 Å². The number of hydrogen-bond donors (Lipinski definition) is 1. The van der Waals surface area contributed by atoms with Crippen molar-refractivity contribution in [2.75, 3.05) is 38.6 Å². The van der Waals surface area contributed by atoms with Gasteiger partial charge < -0.3 is 15.4 Å². The molecular weight excluding hydrogens is 224 g/mol. The minimum atomic E-state index is 0.803. The number of piperidine rings is 1. The van der Waals surface area contributed by atoms with Crippen molar-refractivity contribution in [3.8, 4) is 0 Å². The van der Waals surface area contributed by atoms with Crippen LogP contribution in [0.5, 0.6) is 0 Å². The number of nitrogen functional groups attached to an aromatic ring is 1. The van der Waals surface area contributed by atoms with Gasteiger partial charge in [0, 0.05) is 12.2 Å². The highest BCUT2D eigenvalue weighted by Gasteiger charge is 2.08. The summed E-state index contributed by atoms with van der Waals surface area (Å²) in [6.45, 7) is 5.25. The van der Waals surface area contributed by atoms with E-state index in [9.17, 15) is 0 Å². The number of hydrogen-bond acceptors (Lipinski definition) is 3. The average molecular weight is 248 g/mol. The van der Waals surface area contributed by atoms with Gasteiger partial charge in [-0.05, 0) is 50.0 Å². The van der Waals surface area contributed by atoms with E-state index in [0.29, 0.717) is 0 Å². The van der Waals surface area contributed by atoms with Crippen molar-refractivity contribution in [2.24, 2.45) is 0 Å². The molecule has 1 fully saturated rings. The minimum absolute atomic E-state index is 0.803. The molecule has 18 heavy (non-hydrogen) atoms. The Morgan fingerprint density at radius 2 is 1.72 bits per heavy atom. The monoisotopic (exact) mass is 248 g/mol. The molecule has 0 aliphatic carbocycles. The molecule has 1 aromatic carbocycles. The molecule has 1 aromatic rings. The first-order valence-electron chi connectivity index (χ1n) is 6.99. The molecule has 1 saturated heterocycles. The molecule has 0 amide bonds. The number of nitrogens with zero attached hydrogens (tertiary/aromatic N) is 1. The predicted octanol–water partition coefficient (Wildman–Crippen LogP) is 2.31. The van der Waals surface area contributed by atoms with Crippen LogP contribution >= 0.6 is 0 Å². The van der Waals surface area contributed by atoms with Gasteiger partial charge in [0.15, 0.2) is 0 Å². The first-order chi connectivity index (χ1) is 8.84. The standard InChI is InChI=1S/C15H24N2O/c16-15-6-4-14(5-7-15)8-12-18-13-11-17-9-2-1-3-10-17/h4-7H,1-3,8-13,16H2. The van der Waals surface area contributed by atoms with Crippen molar-refractivity contribution in [1.29, 1.82) is 0 Å². The second kappa shape index (κ2) is 7.39. The summed E-state index contributed by atoms with van der Waals surface area (Å²) in [7, 11) is 0. The SMILES string of the molecule is Nc1ccc(CCOCCN2CCCCC2)cc1. The second-order valence-electron chi connectivity index (χ2n) is 5.01. The van der Waals surface area contributed by atoms with Gasteiger partial charge in [0.25, 0.3) is 0 Å². The molecule has 1 aliphatic heterocycles. The van der Waals surface area contributed by atoms with Gasteiger partial charge in [-0.25, -0.2) is 0 Å². The van der Waals surface area contributed by atoms with Crippen molar-refractivity contribution in [2.45, 2.75) is 25.7 Å². The van der Waals surface area contributed by atoms with Gasteiger partial charge in [-0.15, -0.1) is 0 Å². The molecule has 0 spiro atoms. The van der Waals surface area contributed by atoms with Crippen LogP contribution in [0, 0.1) is 0 Å². The van der Waals surface area contributed by atoms with E-state index >= 15 is 0 Å². The first kappa shape index (κ1) is 13.4. The molecule has 0 unspecified atom stereocenters. The number of benzene rings is 1. The van der Waals surface area contributed by atoms with Crippen LogP contribution in [0.25, 0.3) is 0 Å². The molecular formula is C15H24N2O. The van der Waals surface area contributed by atoms with Crippen LogP contribution in [-0.4, -0.2) is 37.7 Å². The number of anilines is 1. The zero-order chi connectivity index (χ0) is 12.6. The van der Waals surface area contributed by atoms with Gasteiger partial charge in [-0.3, -0.25) is 0 Å². The Morgan fingerprint density at radius 3 is 2.44 bits per heavy atom. The fourth-order valence-electron chi connectivity index (χ4n) is 2.35. The third-order valence-electron chi connectivity index (χ3n) is 3.52. The van der Waals surface area contributed by atoms with E-state index < -0.39 is 0 Å². The lowest BCUT2D eigenvalue weighted by molar-refractivity contribution is 0.0984. The summed E-state index contributed by atoms with van der Waals surface area (Å²) in [5.74, 6) is 0. The van der Waals surface area contributed by atoms with E-state index in [-0.39, 0.29) is 0 Å². The molecule has 3 heteroatoms.